The minimum Gasteiger partial charge on any atom is -0.497 e. The molecule has 2 atom stereocenters. The molecule has 2 aromatic rings. The highest BCUT2D eigenvalue weighted by Crippen LogP contribution is 2.44. The number of benzene rings is 2. The van der Waals surface area contributed by atoms with E-state index in [2.05, 4.69) is 4.74 Å². The monoisotopic (exact) mass is 471 g/mol. The van der Waals surface area contributed by atoms with Crippen molar-refractivity contribution in [2.45, 2.75) is 10.5 Å². The maximum Gasteiger partial charge on any atom is 0.323 e. The van der Waals surface area contributed by atoms with E-state index < -0.39 is 46.5 Å². The Morgan fingerprint density at radius 1 is 1.06 bits per heavy atom. The third-order valence-corrected chi connectivity index (χ3v) is 6.86. The number of hydrogen-bond acceptors (Lipinski definition) is 7. The first-order valence-corrected chi connectivity index (χ1v) is 10.7. The molecule has 0 saturated heterocycles. The summed E-state index contributed by atoms with van der Waals surface area (Å²) >= 11 is 0.647. The van der Waals surface area contributed by atoms with Crippen molar-refractivity contribution in [3.05, 3.63) is 59.4 Å². The summed E-state index contributed by atoms with van der Waals surface area (Å²) in [6.45, 7) is -0.520. The number of carbonyl (C=O) groups excluding carboxylic acids is 3. The molecule has 33 heavy (non-hydrogen) atoms. The topological polar surface area (TPSA) is 110 Å². The number of halogens is 1. The van der Waals surface area contributed by atoms with Gasteiger partial charge in [0.05, 0.1) is 32.0 Å². The highest BCUT2D eigenvalue weighted by molar-refractivity contribution is 8.02. The second-order valence-electron chi connectivity index (χ2n) is 7.30. The predicted molar refractivity (Wildman–Crippen MR) is 118 cm³/mol. The molecule has 0 spiro atoms. The predicted octanol–water partition coefficient (Wildman–Crippen LogP) is 2.46. The summed E-state index contributed by atoms with van der Waals surface area (Å²) in [7, 11) is 2.62. The van der Waals surface area contributed by atoms with Gasteiger partial charge in [-0.15, -0.1) is 11.8 Å². The van der Waals surface area contributed by atoms with Crippen LogP contribution in [-0.2, 0) is 23.9 Å². The lowest BCUT2D eigenvalue weighted by atomic mass is 9.92. The van der Waals surface area contributed by atoms with E-state index in [1.165, 1.54) is 19.2 Å². The zero-order chi connectivity index (χ0) is 23.9. The lowest BCUT2D eigenvalue weighted by Gasteiger charge is -2.29. The zero-order valence-corrected chi connectivity index (χ0v) is 18.3. The number of ketones is 1. The van der Waals surface area contributed by atoms with Crippen LogP contribution in [0.1, 0.15) is 0 Å². The molecule has 0 fully saturated rings. The molecule has 8 nitrogen and oxygen atoms in total. The molecule has 170 valence electrons. The van der Waals surface area contributed by atoms with Gasteiger partial charge >= 0.3 is 11.9 Å². The highest BCUT2D eigenvalue weighted by atomic mass is 32.2. The molecule has 2 aliphatic heterocycles. The molecule has 10 heteroatoms. The number of hydrogen-bond donors (Lipinski definition) is 1. The second kappa shape index (κ2) is 8.70. The Bertz CT molecular complexity index is 1230. The Balaban J connectivity index is 1.73. The number of carbonyl (C=O) groups is 4. The Hall–Kier alpha value is -3.66. The number of rotatable bonds is 5. The van der Waals surface area contributed by atoms with Gasteiger partial charge < -0.3 is 14.6 Å². The van der Waals surface area contributed by atoms with Crippen molar-refractivity contribution in [2.75, 3.05) is 25.7 Å². The summed E-state index contributed by atoms with van der Waals surface area (Å²) < 4.78 is 25.0. The molecular formula is C23H18FNO7S. The maximum atomic E-state index is 15.1. The van der Waals surface area contributed by atoms with E-state index in [0.29, 0.717) is 28.6 Å². The van der Waals surface area contributed by atoms with Crippen molar-refractivity contribution in [1.82, 2.24) is 0 Å². The Labute approximate surface area is 192 Å². The van der Waals surface area contributed by atoms with Crippen molar-refractivity contribution in [2.24, 2.45) is 0 Å². The molecule has 1 N–H and O–H groups in total. The van der Waals surface area contributed by atoms with Crippen molar-refractivity contribution in [3.8, 4) is 16.9 Å². The number of anilines is 1. The van der Waals surface area contributed by atoms with Crippen LogP contribution >= 0.6 is 11.8 Å². The van der Waals surface area contributed by atoms with Gasteiger partial charge in [-0.25, -0.2) is 4.39 Å². The molecule has 4 rings (SSSR count). The van der Waals surface area contributed by atoms with Crippen molar-refractivity contribution < 1.29 is 38.1 Å². The zero-order valence-electron chi connectivity index (χ0n) is 17.5. The standard InChI is InChI=1S/C23H18FNO7S/c1-31-13-5-3-4-11(8-13)12-6-7-15(14(24)9-12)25-10-16(26)17-18(21(25)27)19(22(28)29)33-20(17)23(30)32-2/h3-9,19-20H,10H2,1-2H3,(H,28,29). The summed E-state index contributed by atoms with van der Waals surface area (Å²) in [4.78, 5) is 50.8. The van der Waals surface area contributed by atoms with E-state index in [9.17, 15) is 24.3 Å². The third kappa shape index (κ3) is 3.86. The first kappa shape index (κ1) is 22.5. The van der Waals surface area contributed by atoms with Crippen LogP contribution < -0.4 is 9.64 Å². The highest BCUT2D eigenvalue weighted by Gasteiger charge is 2.51. The number of aliphatic carboxylic acids is 1. The first-order valence-electron chi connectivity index (χ1n) is 9.76. The average molecular weight is 471 g/mol. The molecule has 1 amide bonds. The van der Waals surface area contributed by atoms with Gasteiger partial charge in [0.25, 0.3) is 5.91 Å². The van der Waals surface area contributed by atoms with Crippen molar-refractivity contribution in [1.29, 1.82) is 0 Å². The van der Waals surface area contributed by atoms with Gasteiger partial charge in [0.15, 0.2) is 5.78 Å². The van der Waals surface area contributed by atoms with Crippen LogP contribution in [0.15, 0.2) is 53.6 Å². The van der Waals surface area contributed by atoms with Crippen LogP contribution in [0.5, 0.6) is 5.75 Å². The van der Waals surface area contributed by atoms with Gasteiger partial charge in [-0.3, -0.25) is 24.1 Å². The largest absolute Gasteiger partial charge is 0.497 e. The number of carboxylic acid groups (broad SMARTS) is 1. The number of esters is 1. The number of ether oxygens (including phenoxy) is 2. The quantitative estimate of drug-likeness (QED) is 0.663. The Morgan fingerprint density at radius 3 is 2.42 bits per heavy atom. The normalized spacial score (nSPS) is 20.0. The lowest BCUT2D eigenvalue weighted by Crippen LogP contribution is -2.45. The summed E-state index contributed by atoms with van der Waals surface area (Å²) in [6, 6.07) is 11.2. The summed E-state index contributed by atoms with van der Waals surface area (Å²) in [5, 5.41) is 6.91. The SMILES string of the molecule is COC(=O)C1SC(C(=O)O)C2=C1C(=O)CN(c1ccc(-c3cccc(OC)c3)cc1F)C2=O. The van der Waals surface area contributed by atoms with Crippen molar-refractivity contribution >= 4 is 41.1 Å². The van der Waals surface area contributed by atoms with E-state index in [1.54, 1.807) is 30.3 Å². The molecule has 0 aliphatic carbocycles. The Kier molecular flexibility index (Phi) is 5.94. The number of amides is 1. The minimum absolute atomic E-state index is 0.165. The number of nitrogens with zero attached hydrogens (tertiary/aromatic N) is 1. The van der Waals surface area contributed by atoms with Crippen LogP contribution in [0.3, 0.4) is 0 Å². The minimum atomic E-state index is -1.44. The smallest absolute Gasteiger partial charge is 0.323 e. The van der Waals surface area contributed by atoms with Crippen LogP contribution in [-0.4, -0.2) is 60.0 Å². The van der Waals surface area contributed by atoms with Crippen LogP contribution in [0.4, 0.5) is 10.1 Å². The molecule has 2 aromatic carbocycles. The van der Waals surface area contributed by atoms with Gasteiger partial charge in [-0.2, -0.15) is 0 Å². The van der Waals surface area contributed by atoms with E-state index in [4.69, 9.17) is 4.74 Å². The maximum absolute atomic E-state index is 15.1. The molecular weight excluding hydrogens is 453 g/mol. The summed E-state index contributed by atoms with van der Waals surface area (Å²) in [5.74, 6) is -3.83. The number of carboxylic acids is 1. The lowest BCUT2D eigenvalue weighted by molar-refractivity contribution is -0.139. The van der Waals surface area contributed by atoms with Gasteiger partial charge in [0, 0.05) is 5.57 Å². The fourth-order valence-corrected chi connectivity index (χ4v) is 5.24. The Morgan fingerprint density at radius 2 is 1.79 bits per heavy atom. The fourth-order valence-electron chi connectivity index (χ4n) is 3.89. The van der Waals surface area contributed by atoms with E-state index in [-0.39, 0.29) is 16.8 Å². The van der Waals surface area contributed by atoms with Crippen molar-refractivity contribution in [3.63, 3.8) is 0 Å². The van der Waals surface area contributed by atoms with Gasteiger partial charge in [0.1, 0.15) is 22.1 Å². The molecule has 0 bridgehead atoms. The number of Topliss-reactive ketones (excluding diaryl/α,β-unsaturated/α-hetero) is 1. The van der Waals surface area contributed by atoms with Crippen LogP contribution in [0.2, 0.25) is 0 Å². The molecule has 2 heterocycles. The summed E-state index contributed by atoms with van der Waals surface area (Å²) in [6.07, 6.45) is 0. The molecule has 0 aromatic heterocycles. The van der Waals surface area contributed by atoms with Crippen LogP contribution in [0, 0.1) is 5.82 Å². The van der Waals surface area contributed by atoms with Gasteiger partial charge in [-0.05, 0) is 35.4 Å². The third-order valence-electron chi connectivity index (χ3n) is 5.45. The molecule has 2 aliphatic rings. The molecule has 0 saturated carbocycles. The second-order valence-corrected chi connectivity index (χ2v) is 8.51. The van der Waals surface area contributed by atoms with E-state index in [0.717, 1.165) is 12.0 Å². The summed E-state index contributed by atoms with van der Waals surface area (Å²) in [5.41, 5.74) is 0.535. The average Bonchev–Trinajstić information content (AvgIpc) is 3.23. The van der Waals surface area contributed by atoms with Gasteiger partial charge in [-0.1, -0.05) is 18.2 Å². The number of methoxy groups -OCH3 is 2. The molecule has 0 radical (unpaired) electrons. The fraction of sp³-hybridized carbons (Fsp3) is 0.217. The van der Waals surface area contributed by atoms with E-state index >= 15 is 4.39 Å². The van der Waals surface area contributed by atoms with E-state index in [1.807, 2.05) is 0 Å². The first-order chi connectivity index (χ1) is 15.8. The molecule has 2 unspecified atom stereocenters. The van der Waals surface area contributed by atoms with Crippen LogP contribution in [0.25, 0.3) is 11.1 Å². The van der Waals surface area contributed by atoms with Gasteiger partial charge in [0.2, 0.25) is 0 Å². The number of thioether (sulfide) groups is 1.